The van der Waals surface area contributed by atoms with Crippen LogP contribution in [0.1, 0.15) is 10.4 Å². The minimum atomic E-state index is -0.211. The first-order chi connectivity index (χ1) is 9.66. The van der Waals surface area contributed by atoms with Gasteiger partial charge in [-0.2, -0.15) is 5.10 Å². The van der Waals surface area contributed by atoms with Crippen molar-refractivity contribution in [2.75, 3.05) is 11.9 Å². The molecule has 0 aliphatic heterocycles. The third-order valence-electron chi connectivity index (χ3n) is 2.63. The van der Waals surface area contributed by atoms with Crippen LogP contribution in [0.3, 0.4) is 0 Å². The van der Waals surface area contributed by atoms with Crippen LogP contribution in [0.4, 0.5) is 5.69 Å². The summed E-state index contributed by atoms with van der Waals surface area (Å²) in [7, 11) is 0. The molecule has 0 fully saturated rings. The highest BCUT2D eigenvalue weighted by Crippen LogP contribution is 2.22. The zero-order valence-corrected chi connectivity index (χ0v) is 12.5. The SMILES string of the molecule is Cc1c(Cl)cccc1NCC(=O)NN=Cc1cccs1. The number of amides is 1. The van der Waals surface area contributed by atoms with Crippen molar-refractivity contribution in [3.8, 4) is 0 Å². The van der Waals surface area contributed by atoms with E-state index in [-0.39, 0.29) is 12.5 Å². The summed E-state index contributed by atoms with van der Waals surface area (Å²) in [6.07, 6.45) is 1.62. The number of thiophene rings is 1. The number of benzene rings is 1. The first kappa shape index (κ1) is 14.6. The molecule has 104 valence electrons. The van der Waals surface area contributed by atoms with Gasteiger partial charge in [-0.3, -0.25) is 4.79 Å². The van der Waals surface area contributed by atoms with Gasteiger partial charge in [0.15, 0.2) is 0 Å². The van der Waals surface area contributed by atoms with Crippen molar-refractivity contribution in [3.63, 3.8) is 0 Å². The van der Waals surface area contributed by atoms with Crippen LogP contribution >= 0.6 is 22.9 Å². The highest BCUT2D eigenvalue weighted by Gasteiger charge is 2.04. The zero-order valence-electron chi connectivity index (χ0n) is 10.9. The molecule has 0 atom stereocenters. The highest BCUT2D eigenvalue weighted by atomic mass is 35.5. The Balaban J connectivity index is 1.82. The van der Waals surface area contributed by atoms with E-state index < -0.39 is 0 Å². The molecule has 20 heavy (non-hydrogen) atoms. The van der Waals surface area contributed by atoms with Gasteiger partial charge >= 0.3 is 0 Å². The van der Waals surface area contributed by atoms with Crippen molar-refractivity contribution >= 4 is 40.7 Å². The van der Waals surface area contributed by atoms with E-state index in [9.17, 15) is 4.79 Å². The fourth-order valence-electron chi connectivity index (χ4n) is 1.55. The van der Waals surface area contributed by atoms with E-state index >= 15 is 0 Å². The number of hydrogen-bond acceptors (Lipinski definition) is 4. The number of rotatable bonds is 5. The van der Waals surface area contributed by atoms with Crippen molar-refractivity contribution in [2.45, 2.75) is 6.92 Å². The van der Waals surface area contributed by atoms with Gasteiger partial charge in [0.2, 0.25) is 0 Å². The van der Waals surface area contributed by atoms with Gasteiger partial charge in [0.1, 0.15) is 0 Å². The molecule has 0 radical (unpaired) electrons. The normalized spacial score (nSPS) is 10.7. The van der Waals surface area contributed by atoms with E-state index in [1.54, 1.807) is 17.6 Å². The Labute approximate surface area is 126 Å². The van der Waals surface area contributed by atoms with Crippen LogP contribution in [0.25, 0.3) is 0 Å². The molecule has 1 amide bonds. The monoisotopic (exact) mass is 307 g/mol. The number of carbonyl (C=O) groups excluding carboxylic acids is 1. The van der Waals surface area contributed by atoms with Crippen molar-refractivity contribution in [2.24, 2.45) is 5.10 Å². The summed E-state index contributed by atoms with van der Waals surface area (Å²) in [4.78, 5) is 12.6. The van der Waals surface area contributed by atoms with Gasteiger partial charge in [0.05, 0.1) is 12.8 Å². The molecule has 1 aromatic carbocycles. The molecule has 2 N–H and O–H groups in total. The second-order valence-corrected chi connectivity index (χ2v) is 5.46. The average Bonchev–Trinajstić information content (AvgIpc) is 2.94. The lowest BCUT2D eigenvalue weighted by Gasteiger charge is -2.09. The minimum absolute atomic E-state index is 0.142. The molecule has 0 bridgehead atoms. The fraction of sp³-hybridized carbons (Fsp3) is 0.143. The Morgan fingerprint density at radius 1 is 1.40 bits per heavy atom. The van der Waals surface area contributed by atoms with Gasteiger partial charge in [-0.05, 0) is 36.1 Å². The first-order valence-corrected chi connectivity index (χ1v) is 7.27. The number of nitrogens with one attached hydrogen (secondary N) is 2. The summed E-state index contributed by atoms with van der Waals surface area (Å²) in [6.45, 7) is 2.04. The fourth-order valence-corrected chi connectivity index (χ4v) is 2.31. The molecule has 4 nitrogen and oxygen atoms in total. The molecule has 0 spiro atoms. The Kier molecular flexibility index (Phi) is 5.15. The average molecular weight is 308 g/mol. The maximum absolute atomic E-state index is 11.6. The lowest BCUT2D eigenvalue weighted by Crippen LogP contribution is -2.26. The quantitative estimate of drug-likeness (QED) is 0.658. The summed E-state index contributed by atoms with van der Waals surface area (Å²) >= 11 is 7.56. The van der Waals surface area contributed by atoms with Gasteiger partial charge in [-0.15, -0.1) is 11.3 Å². The van der Waals surface area contributed by atoms with E-state index in [4.69, 9.17) is 11.6 Å². The summed E-state index contributed by atoms with van der Waals surface area (Å²) in [6, 6.07) is 9.38. The molecular weight excluding hydrogens is 294 g/mol. The smallest absolute Gasteiger partial charge is 0.259 e. The number of hydrazone groups is 1. The summed E-state index contributed by atoms with van der Waals surface area (Å²) in [5.41, 5.74) is 4.23. The van der Waals surface area contributed by atoms with Crippen molar-refractivity contribution < 1.29 is 4.79 Å². The minimum Gasteiger partial charge on any atom is -0.376 e. The number of nitrogens with zero attached hydrogens (tertiary/aromatic N) is 1. The lowest BCUT2D eigenvalue weighted by atomic mass is 10.2. The number of anilines is 1. The molecule has 0 saturated heterocycles. The summed E-state index contributed by atoms with van der Waals surface area (Å²) in [5.74, 6) is -0.211. The van der Waals surface area contributed by atoms with Gasteiger partial charge in [0.25, 0.3) is 5.91 Å². The van der Waals surface area contributed by atoms with E-state index in [0.717, 1.165) is 16.1 Å². The Morgan fingerprint density at radius 2 is 2.25 bits per heavy atom. The Bertz CT molecular complexity index is 611. The predicted molar refractivity (Wildman–Crippen MR) is 84.7 cm³/mol. The Hall–Kier alpha value is -1.85. The molecule has 0 unspecified atom stereocenters. The van der Waals surface area contributed by atoms with Crippen molar-refractivity contribution in [3.05, 3.63) is 51.2 Å². The molecule has 0 aliphatic rings. The number of halogens is 1. The Morgan fingerprint density at radius 3 is 3.00 bits per heavy atom. The largest absolute Gasteiger partial charge is 0.376 e. The molecule has 1 heterocycles. The van der Waals surface area contributed by atoms with E-state index in [1.165, 1.54) is 0 Å². The molecule has 0 saturated carbocycles. The second-order valence-electron chi connectivity index (χ2n) is 4.07. The molecule has 2 rings (SSSR count). The molecule has 1 aromatic heterocycles. The van der Waals surface area contributed by atoms with Gasteiger partial charge in [-0.1, -0.05) is 23.7 Å². The standard InChI is InChI=1S/C14H14ClN3OS/c1-10-12(15)5-2-6-13(10)16-9-14(19)18-17-8-11-4-3-7-20-11/h2-8,16H,9H2,1H3,(H,18,19). The predicted octanol–water partition coefficient (Wildman–Crippen LogP) is 3.27. The highest BCUT2D eigenvalue weighted by molar-refractivity contribution is 7.11. The zero-order chi connectivity index (χ0) is 14.4. The molecule has 2 aromatic rings. The summed E-state index contributed by atoms with van der Waals surface area (Å²) in [5, 5.41) is 9.54. The first-order valence-electron chi connectivity index (χ1n) is 6.01. The molecule has 6 heteroatoms. The van der Waals surface area contributed by atoms with Gasteiger partial charge in [-0.25, -0.2) is 5.43 Å². The number of carbonyl (C=O) groups is 1. The van der Waals surface area contributed by atoms with Gasteiger partial charge < -0.3 is 5.32 Å². The second kappa shape index (κ2) is 7.07. The van der Waals surface area contributed by atoms with Crippen LogP contribution in [0.2, 0.25) is 5.02 Å². The molecule has 0 aliphatic carbocycles. The third kappa shape index (κ3) is 4.08. The van der Waals surface area contributed by atoms with Crippen LogP contribution in [0.5, 0.6) is 0 Å². The third-order valence-corrected chi connectivity index (χ3v) is 3.85. The number of hydrogen-bond donors (Lipinski definition) is 2. The van der Waals surface area contributed by atoms with Crippen LogP contribution in [-0.2, 0) is 4.79 Å². The van der Waals surface area contributed by atoms with Crippen LogP contribution < -0.4 is 10.7 Å². The van der Waals surface area contributed by atoms with E-state index in [1.807, 2.05) is 42.6 Å². The lowest BCUT2D eigenvalue weighted by molar-refractivity contribution is -0.119. The van der Waals surface area contributed by atoms with Crippen molar-refractivity contribution in [1.29, 1.82) is 0 Å². The van der Waals surface area contributed by atoms with Crippen LogP contribution in [0, 0.1) is 6.92 Å². The van der Waals surface area contributed by atoms with Crippen LogP contribution in [-0.4, -0.2) is 18.7 Å². The van der Waals surface area contributed by atoms with Gasteiger partial charge in [0, 0.05) is 15.6 Å². The summed E-state index contributed by atoms with van der Waals surface area (Å²) < 4.78 is 0. The maximum Gasteiger partial charge on any atom is 0.259 e. The maximum atomic E-state index is 11.6. The van der Waals surface area contributed by atoms with E-state index in [0.29, 0.717) is 5.02 Å². The topological polar surface area (TPSA) is 53.5 Å². The molecular formula is C14H14ClN3OS. The van der Waals surface area contributed by atoms with Crippen molar-refractivity contribution in [1.82, 2.24) is 5.43 Å². The van der Waals surface area contributed by atoms with E-state index in [2.05, 4.69) is 15.8 Å². The van der Waals surface area contributed by atoms with Crippen LogP contribution in [0.15, 0.2) is 40.8 Å².